The van der Waals surface area contributed by atoms with Gasteiger partial charge in [0.05, 0.1) is 15.6 Å². The van der Waals surface area contributed by atoms with Crippen molar-refractivity contribution in [1.82, 2.24) is 14.8 Å². The van der Waals surface area contributed by atoms with Crippen LogP contribution in [0.3, 0.4) is 0 Å². The van der Waals surface area contributed by atoms with Crippen molar-refractivity contribution < 1.29 is 14.6 Å². The molecule has 12 heteroatoms. The molecular formula is C18H16N6O5S. The number of hydrogen-bond donors (Lipinski definition) is 1. The van der Waals surface area contributed by atoms with E-state index in [0.717, 1.165) is 0 Å². The number of aryl methyl sites for hydroxylation is 1. The third-order valence-electron chi connectivity index (χ3n) is 4.20. The largest absolute Gasteiger partial charge is 0.325 e. The van der Waals surface area contributed by atoms with Gasteiger partial charge in [-0.3, -0.25) is 25.0 Å². The first-order valence-corrected chi connectivity index (χ1v) is 9.56. The summed E-state index contributed by atoms with van der Waals surface area (Å²) in [4.78, 5) is 32.9. The molecule has 30 heavy (non-hydrogen) atoms. The van der Waals surface area contributed by atoms with Gasteiger partial charge in [-0.05, 0) is 30.7 Å². The lowest BCUT2D eigenvalue weighted by molar-refractivity contribution is -0.385. The first-order valence-electron chi connectivity index (χ1n) is 8.58. The average molecular weight is 428 g/mol. The van der Waals surface area contributed by atoms with Crippen LogP contribution in [0.5, 0.6) is 0 Å². The number of carbonyl (C=O) groups excluding carboxylic acids is 1. The van der Waals surface area contributed by atoms with Gasteiger partial charge in [0, 0.05) is 42.6 Å². The summed E-state index contributed by atoms with van der Waals surface area (Å²) in [5.41, 5.74) is 1.68. The zero-order chi connectivity index (χ0) is 21.8. The number of nitrogens with zero attached hydrogens (tertiary/aromatic N) is 5. The summed E-state index contributed by atoms with van der Waals surface area (Å²) in [5, 5.41) is 32.9. The summed E-state index contributed by atoms with van der Waals surface area (Å²) >= 11 is 1.17. The fourth-order valence-electron chi connectivity index (χ4n) is 2.64. The molecule has 0 aliphatic rings. The minimum absolute atomic E-state index is 0.0197. The molecule has 3 aromatic rings. The van der Waals surface area contributed by atoms with Gasteiger partial charge in [-0.1, -0.05) is 11.8 Å². The Kier molecular flexibility index (Phi) is 6.06. The van der Waals surface area contributed by atoms with E-state index < -0.39 is 9.85 Å². The van der Waals surface area contributed by atoms with Crippen LogP contribution in [0.1, 0.15) is 5.56 Å². The number of anilines is 1. The quantitative estimate of drug-likeness (QED) is 0.342. The van der Waals surface area contributed by atoms with E-state index in [2.05, 4.69) is 15.5 Å². The van der Waals surface area contributed by atoms with Crippen molar-refractivity contribution >= 4 is 34.7 Å². The highest BCUT2D eigenvalue weighted by atomic mass is 32.2. The van der Waals surface area contributed by atoms with Crippen LogP contribution in [0.25, 0.3) is 11.4 Å². The summed E-state index contributed by atoms with van der Waals surface area (Å²) in [6.07, 6.45) is 0. The van der Waals surface area contributed by atoms with Gasteiger partial charge < -0.3 is 9.88 Å². The van der Waals surface area contributed by atoms with Gasteiger partial charge in [0.15, 0.2) is 11.0 Å². The fourth-order valence-corrected chi connectivity index (χ4v) is 3.35. The summed E-state index contributed by atoms with van der Waals surface area (Å²) in [6.45, 7) is 1.68. The Labute approximate surface area is 174 Å². The molecule has 154 valence electrons. The van der Waals surface area contributed by atoms with E-state index in [9.17, 15) is 25.0 Å². The van der Waals surface area contributed by atoms with E-state index in [4.69, 9.17) is 0 Å². The van der Waals surface area contributed by atoms with E-state index in [0.29, 0.717) is 27.8 Å². The molecule has 0 saturated heterocycles. The van der Waals surface area contributed by atoms with Gasteiger partial charge in [0.1, 0.15) is 0 Å². The second kappa shape index (κ2) is 8.69. The molecule has 0 aliphatic carbocycles. The molecular weight excluding hydrogens is 412 g/mol. The second-order valence-corrected chi connectivity index (χ2v) is 7.20. The number of nitrogens with one attached hydrogen (secondary N) is 1. The lowest BCUT2D eigenvalue weighted by Crippen LogP contribution is -2.15. The van der Waals surface area contributed by atoms with E-state index >= 15 is 0 Å². The number of carbonyl (C=O) groups is 1. The number of nitro benzene ring substituents is 2. The number of benzene rings is 2. The molecule has 11 nitrogen and oxygen atoms in total. The topological polar surface area (TPSA) is 146 Å². The standard InChI is InChI=1S/C18H16N6O5S/c1-11-9-14(24(28)29)7-8-15(11)19-16(25)10-30-18-21-20-17(22(18)2)12-3-5-13(6-4-12)23(26)27/h3-9H,10H2,1-2H3,(H,19,25). The van der Waals surface area contributed by atoms with Crippen molar-refractivity contribution in [3.05, 3.63) is 68.3 Å². The van der Waals surface area contributed by atoms with Gasteiger partial charge in [0.2, 0.25) is 5.91 Å². The van der Waals surface area contributed by atoms with Crippen LogP contribution in [0.4, 0.5) is 17.1 Å². The Morgan fingerprint density at radius 2 is 1.70 bits per heavy atom. The molecule has 0 spiro atoms. The minimum Gasteiger partial charge on any atom is -0.325 e. The van der Waals surface area contributed by atoms with Crippen molar-refractivity contribution in [3.63, 3.8) is 0 Å². The molecule has 1 amide bonds. The summed E-state index contributed by atoms with van der Waals surface area (Å²) in [6, 6.07) is 10.1. The molecule has 2 aromatic carbocycles. The first kappa shape index (κ1) is 20.9. The van der Waals surface area contributed by atoms with Crippen LogP contribution in [0.15, 0.2) is 47.6 Å². The predicted octanol–water partition coefficient (Wildman–Crippen LogP) is 3.34. The molecule has 0 aliphatic heterocycles. The van der Waals surface area contributed by atoms with E-state index in [-0.39, 0.29) is 23.0 Å². The third kappa shape index (κ3) is 4.60. The maximum atomic E-state index is 12.3. The maximum Gasteiger partial charge on any atom is 0.269 e. The second-order valence-electron chi connectivity index (χ2n) is 6.26. The SMILES string of the molecule is Cc1cc([N+](=O)[O-])ccc1NC(=O)CSc1nnc(-c2ccc([N+](=O)[O-])cc2)n1C. The molecule has 3 rings (SSSR count). The molecule has 0 bridgehead atoms. The number of aromatic nitrogens is 3. The molecule has 1 heterocycles. The van der Waals surface area contributed by atoms with Gasteiger partial charge in [-0.25, -0.2) is 0 Å². The Hall–Kier alpha value is -3.80. The number of nitro groups is 2. The van der Waals surface area contributed by atoms with Crippen molar-refractivity contribution in [1.29, 1.82) is 0 Å². The van der Waals surface area contributed by atoms with Gasteiger partial charge in [0.25, 0.3) is 11.4 Å². The van der Waals surface area contributed by atoms with Crippen LogP contribution in [0.2, 0.25) is 0 Å². The molecule has 0 saturated carbocycles. The monoisotopic (exact) mass is 428 g/mol. The van der Waals surface area contributed by atoms with Crippen molar-refractivity contribution in [2.75, 3.05) is 11.1 Å². The van der Waals surface area contributed by atoms with E-state index in [1.54, 1.807) is 30.7 Å². The Morgan fingerprint density at radius 1 is 1.07 bits per heavy atom. The molecule has 1 N–H and O–H groups in total. The molecule has 0 unspecified atom stereocenters. The van der Waals surface area contributed by atoms with E-state index in [1.165, 1.54) is 42.1 Å². The normalized spacial score (nSPS) is 10.6. The lowest BCUT2D eigenvalue weighted by Gasteiger charge is -2.08. The highest BCUT2D eigenvalue weighted by molar-refractivity contribution is 7.99. The lowest BCUT2D eigenvalue weighted by atomic mass is 10.2. The van der Waals surface area contributed by atoms with Gasteiger partial charge >= 0.3 is 0 Å². The molecule has 0 fully saturated rings. The minimum atomic E-state index is -0.495. The van der Waals surface area contributed by atoms with Gasteiger partial charge in [-0.2, -0.15) is 0 Å². The van der Waals surface area contributed by atoms with Crippen LogP contribution < -0.4 is 5.32 Å². The predicted molar refractivity (Wildman–Crippen MR) is 110 cm³/mol. The van der Waals surface area contributed by atoms with Crippen LogP contribution in [0, 0.1) is 27.2 Å². The van der Waals surface area contributed by atoms with Crippen LogP contribution in [-0.2, 0) is 11.8 Å². The smallest absolute Gasteiger partial charge is 0.269 e. The number of hydrogen-bond acceptors (Lipinski definition) is 8. The van der Waals surface area contributed by atoms with Crippen molar-refractivity contribution in [2.45, 2.75) is 12.1 Å². The summed E-state index contributed by atoms with van der Waals surface area (Å²) in [7, 11) is 1.73. The maximum absolute atomic E-state index is 12.3. The summed E-state index contributed by atoms with van der Waals surface area (Å²) < 4.78 is 1.69. The number of thioether (sulfide) groups is 1. The van der Waals surface area contributed by atoms with Crippen LogP contribution in [-0.4, -0.2) is 36.3 Å². The Morgan fingerprint density at radius 3 is 2.30 bits per heavy atom. The first-order chi connectivity index (χ1) is 14.3. The number of rotatable bonds is 7. The number of non-ortho nitro benzene ring substituents is 2. The number of amides is 1. The Balaban J connectivity index is 1.64. The zero-order valence-electron chi connectivity index (χ0n) is 15.9. The summed E-state index contributed by atoms with van der Waals surface area (Å²) in [5.74, 6) is 0.277. The molecule has 1 aromatic heterocycles. The Bertz CT molecular complexity index is 1130. The fraction of sp³-hybridized carbons (Fsp3) is 0.167. The van der Waals surface area contributed by atoms with Crippen LogP contribution >= 0.6 is 11.8 Å². The van der Waals surface area contributed by atoms with Crippen molar-refractivity contribution in [3.8, 4) is 11.4 Å². The highest BCUT2D eigenvalue weighted by Gasteiger charge is 2.15. The van der Waals surface area contributed by atoms with Crippen molar-refractivity contribution in [2.24, 2.45) is 7.05 Å². The average Bonchev–Trinajstić information content (AvgIpc) is 3.08. The van der Waals surface area contributed by atoms with Gasteiger partial charge in [-0.15, -0.1) is 10.2 Å². The highest BCUT2D eigenvalue weighted by Crippen LogP contribution is 2.25. The zero-order valence-corrected chi connectivity index (χ0v) is 16.8. The molecule has 0 radical (unpaired) electrons. The third-order valence-corrected chi connectivity index (χ3v) is 5.22. The van der Waals surface area contributed by atoms with E-state index in [1.807, 2.05) is 0 Å². The molecule has 0 atom stereocenters.